The Balaban J connectivity index is 1.48. The highest BCUT2D eigenvalue weighted by Gasteiger charge is 2.29. The molecule has 0 spiro atoms. The Labute approximate surface area is 177 Å². The van der Waals surface area contributed by atoms with Crippen molar-refractivity contribution in [2.75, 3.05) is 0 Å². The summed E-state index contributed by atoms with van der Waals surface area (Å²) in [4.78, 5) is 21.5. The summed E-state index contributed by atoms with van der Waals surface area (Å²) in [5.41, 5.74) is 5.26. The lowest BCUT2D eigenvalue weighted by Gasteiger charge is -2.05. The summed E-state index contributed by atoms with van der Waals surface area (Å²) in [5.74, 6) is 0.175. The summed E-state index contributed by atoms with van der Waals surface area (Å²) in [7, 11) is 0. The van der Waals surface area contributed by atoms with Crippen LogP contribution in [0.3, 0.4) is 0 Å². The summed E-state index contributed by atoms with van der Waals surface area (Å²) in [6.07, 6.45) is 6.09. The summed E-state index contributed by atoms with van der Waals surface area (Å²) in [6, 6.07) is 15.9. The van der Waals surface area contributed by atoms with E-state index in [1.54, 1.807) is 16.6 Å². The molecule has 152 valence electrons. The highest BCUT2D eigenvalue weighted by molar-refractivity contribution is 5.85. The van der Waals surface area contributed by atoms with Gasteiger partial charge < -0.3 is 0 Å². The fourth-order valence-electron chi connectivity index (χ4n) is 3.92. The number of hydrogen-bond acceptors (Lipinski definition) is 4. The molecule has 4 heterocycles. The van der Waals surface area contributed by atoms with Crippen LogP contribution in [0.2, 0.25) is 0 Å². The molecule has 4 aromatic heterocycles. The van der Waals surface area contributed by atoms with E-state index in [1.165, 1.54) is 12.1 Å². The van der Waals surface area contributed by atoms with Gasteiger partial charge in [-0.2, -0.15) is 5.10 Å². The number of hydrogen-bond donors (Lipinski definition) is 0. The van der Waals surface area contributed by atoms with Gasteiger partial charge in [0.05, 0.1) is 24.0 Å². The monoisotopic (exact) mass is 411 g/mol. The first-order valence-corrected chi connectivity index (χ1v) is 10.3. The van der Waals surface area contributed by atoms with Gasteiger partial charge >= 0.3 is 0 Å². The van der Waals surface area contributed by atoms with Crippen LogP contribution < -0.4 is 0 Å². The van der Waals surface area contributed by atoms with Crippen LogP contribution in [0.5, 0.6) is 0 Å². The smallest absolute Gasteiger partial charge is 0.153 e. The second-order valence-corrected chi connectivity index (χ2v) is 7.92. The van der Waals surface area contributed by atoms with Gasteiger partial charge in [-0.25, -0.2) is 18.9 Å². The van der Waals surface area contributed by atoms with Crippen molar-refractivity contribution in [1.29, 1.82) is 0 Å². The molecule has 1 saturated carbocycles. The average Bonchev–Trinajstić information content (AvgIpc) is 3.45. The number of pyridine rings is 1. The van der Waals surface area contributed by atoms with E-state index in [-0.39, 0.29) is 17.5 Å². The molecule has 7 heteroatoms. The number of Topliss-reactive ketones (excluding diaryl/α,β-unsaturated/α-hetero) is 1. The topological polar surface area (TPSA) is 64.6 Å². The molecule has 1 aliphatic rings. The quantitative estimate of drug-likeness (QED) is 0.431. The predicted octanol–water partition coefficient (Wildman–Crippen LogP) is 4.37. The highest BCUT2D eigenvalue weighted by atomic mass is 19.1. The van der Waals surface area contributed by atoms with Crippen molar-refractivity contribution < 1.29 is 9.18 Å². The van der Waals surface area contributed by atoms with Crippen LogP contribution in [0.25, 0.3) is 33.9 Å². The number of ketones is 1. The van der Waals surface area contributed by atoms with E-state index >= 15 is 0 Å². The molecule has 0 unspecified atom stereocenters. The summed E-state index contributed by atoms with van der Waals surface area (Å²) >= 11 is 0. The Morgan fingerprint density at radius 1 is 1.00 bits per heavy atom. The third-order valence-electron chi connectivity index (χ3n) is 5.65. The summed E-state index contributed by atoms with van der Waals surface area (Å²) in [5, 5.41) is 4.77. The second kappa shape index (κ2) is 6.84. The molecule has 1 aromatic carbocycles. The number of rotatable bonds is 5. The molecule has 6 rings (SSSR count). The minimum Gasteiger partial charge on any atom is -0.299 e. The van der Waals surface area contributed by atoms with Gasteiger partial charge in [0.2, 0.25) is 0 Å². The molecule has 1 aliphatic carbocycles. The molecule has 0 radical (unpaired) electrons. The zero-order valence-electron chi connectivity index (χ0n) is 16.6. The van der Waals surface area contributed by atoms with Gasteiger partial charge in [0.1, 0.15) is 28.6 Å². The van der Waals surface area contributed by atoms with Crippen molar-refractivity contribution in [2.45, 2.75) is 19.3 Å². The van der Waals surface area contributed by atoms with Crippen LogP contribution in [0.1, 0.15) is 18.5 Å². The van der Waals surface area contributed by atoms with Crippen LogP contribution in [0, 0.1) is 11.7 Å². The highest BCUT2D eigenvalue weighted by Crippen LogP contribution is 2.33. The minimum atomic E-state index is -0.291. The van der Waals surface area contributed by atoms with Crippen molar-refractivity contribution in [3.8, 4) is 22.6 Å². The van der Waals surface area contributed by atoms with Crippen LogP contribution in [0.4, 0.5) is 4.39 Å². The number of halogens is 1. The SMILES string of the molecule is O=C(Cc1cn2nc(-c3c(-c4ccc(F)cc4)nc4ccccn34)ccc2n1)C1CC1. The number of aromatic nitrogens is 5. The van der Waals surface area contributed by atoms with E-state index in [2.05, 4.69) is 4.98 Å². The predicted molar refractivity (Wildman–Crippen MR) is 114 cm³/mol. The van der Waals surface area contributed by atoms with Gasteiger partial charge in [0, 0.05) is 17.7 Å². The van der Waals surface area contributed by atoms with Crippen LogP contribution in [-0.4, -0.2) is 29.8 Å². The van der Waals surface area contributed by atoms with Crippen molar-refractivity contribution in [2.24, 2.45) is 5.92 Å². The van der Waals surface area contributed by atoms with E-state index < -0.39 is 0 Å². The summed E-state index contributed by atoms with van der Waals surface area (Å²) < 4.78 is 17.2. The molecule has 0 amide bonds. The third kappa shape index (κ3) is 3.18. The first-order chi connectivity index (χ1) is 15.2. The fraction of sp³-hybridized carbons (Fsp3) is 0.167. The number of nitrogens with zero attached hydrogens (tertiary/aromatic N) is 5. The maximum atomic E-state index is 13.5. The molecular weight excluding hydrogens is 393 g/mol. The fourth-order valence-corrected chi connectivity index (χ4v) is 3.92. The van der Waals surface area contributed by atoms with Crippen molar-refractivity contribution in [1.82, 2.24) is 24.0 Å². The molecule has 0 N–H and O–H groups in total. The maximum Gasteiger partial charge on any atom is 0.153 e. The van der Waals surface area contributed by atoms with E-state index in [0.29, 0.717) is 17.8 Å². The van der Waals surface area contributed by atoms with Crippen molar-refractivity contribution in [3.63, 3.8) is 0 Å². The zero-order chi connectivity index (χ0) is 20.9. The van der Waals surface area contributed by atoms with Crippen LogP contribution in [0.15, 0.2) is 67.0 Å². The Bertz CT molecular complexity index is 1450. The van der Waals surface area contributed by atoms with E-state index in [1.807, 2.05) is 47.1 Å². The lowest BCUT2D eigenvalue weighted by molar-refractivity contribution is -0.119. The summed E-state index contributed by atoms with van der Waals surface area (Å²) in [6.45, 7) is 0. The minimum absolute atomic E-state index is 0.213. The molecule has 0 saturated heterocycles. The Morgan fingerprint density at radius 2 is 1.84 bits per heavy atom. The molecular formula is C24H18FN5O. The van der Waals surface area contributed by atoms with Crippen molar-refractivity contribution >= 4 is 17.1 Å². The first kappa shape index (κ1) is 17.9. The zero-order valence-corrected chi connectivity index (χ0v) is 16.6. The van der Waals surface area contributed by atoms with Gasteiger partial charge in [-0.3, -0.25) is 9.20 Å². The molecule has 0 bridgehead atoms. The standard InChI is InChI=1S/C24H18FN5O/c25-17-8-6-16(7-9-17)23-24(29-12-2-1-3-21(29)27-23)19-10-11-22-26-18(14-30(22)28-19)13-20(31)15-4-5-15/h1-3,6-12,14-15H,4-5,13H2. The molecule has 6 nitrogen and oxygen atoms in total. The van der Waals surface area contributed by atoms with Crippen LogP contribution in [-0.2, 0) is 11.2 Å². The number of fused-ring (bicyclic) bond motifs is 2. The number of carbonyl (C=O) groups is 1. The largest absolute Gasteiger partial charge is 0.299 e. The van der Waals surface area contributed by atoms with Gasteiger partial charge in [0.25, 0.3) is 0 Å². The molecule has 1 fully saturated rings. The third-order valence-corrected chi connectivity index (χ3v) is 5.65. The first-order valence-electron chi connectivity index (χ1n) is 10.3. The van der Waals surface area contributed by atoms with Gasteiger partial charge in [-0.1, -0.05) is 6.07 Å². The van der Waals surface area contributed by atoms with Gasteiger partial charge in [-0.15, -0.1) is 0 Å². The van der Waals surface area contributed by atoms with Crippen LogP contribution >= 0.6 is 0 Å². The average molecular weight is 411 g/mol. The Hall–Kier alpha value is -3.87. The van der Waals surface area contributed by atoms with Gasteiger partial charge in [0.15, 0.2) is 5.65 Å². The number of carbonyl (C=O) groups excluding carboxylic acids is 1. The lowest BCUT2D eigenvalue weighted by Crippen LogP contribution is -2.04. The molecule has 31 heavy (non-hydrogen) atoms. The lowest BCUT2D eigenvalue weighted by atomic mass is 10.1. The molecule has 0 atom stereocenters. The van der Waals surface area contributed by atoms with Crippen molar-refractivity contribution in [3.05, 3.63) is 78.5 Å². The Kier molecular flexibility index (Phi) is 3.96. The number of benzene rings is 1. The molecule has 5 aromatic rings. The molecule has 0 aliphatic heterocycles. The van der Waals surface area contributed by atoms with Gasteiger partial charge in [-0.05, 0) is 61.4 Å². The van der Waals surface area contributed by atoms with E-state index in [9.17, 15) is 9.18 Å². The number of imidazole rings is 2. The normalized spacial score (nSPS) is 13.8. The maximum absolute atomic E-state index is 13.5. The Morgan fingerprint density at radius 3 is 2.65 bits per heavy atom. The van der Waals surface area contributed by atoms with E-state index in [4.69, 9.17) is 10.1 Å². The van der Waals surface area contributed by atoms with E-state index in [0.717, 1.165) is 41.1 Å². The second-order valence-electron chi connectivity index (χ2n) is 7.92.